The average Bonchev–Trinajstić information content (AvgIpc) is 2.80. The molecular formula is C24H28FN5O. The van der Waals surface area contributed by atoms with Crippen molar-refractivity contribution >= 4 is 5.69 Å². The number of hydrogen-bond acceptors (Lipinski definition) is 5. The third-order valence-electron chi connectivity index (χ3n) is 5.80. The van der Waals surface area contributed by atoms with Gasteiger partial charge in [0.25, 0.3) is 5.56 Å². The topological polar surface area (TPSA) is 76.2 Å². The number of hydrogen-bond donors (Lipinski definition) is 2. The molecule has 1 saturated heterocycles. The fourth-order valence-electron chi connectivity index (χ4n) is 4.08. The molecule has 3 N–H and O–H groups in total. The predicted octanol–water partition coefficient (Wildman–Crippen LogP) is 2.47. The Balaban J connectivity index is 1.80. The molecule has 2 heterocycles. The lowest BCUT2D eigenvalue weighted by molar-refractivity contribution is 0.558. The van der Waals surface area contributed by atoms with Gasteiger partial charge < -0.3 is 16.0 Å². The van der Waals surface area contributed by atoms with Crippen molar-refractivity contribution in [2.75, 3.05) is 31.1 Å². The maximum atomic E-state index is 14.0. The van der Waals surface area contributed by atoms with E-state index in [4.69, 9.17) is 10.8 Å². The van der Waals surface area contributed by atoms with Gasteiger partial charge >= 0.3 is 0 Å². The van der Waals surface area contributed by atoms with Crippen molar-refractivity contribution in [3.05, 3.63) is 81.4 Å². The quantitative estimate of drug-likeness (QED) is 0.640. The first kappa shape index (κ1) is 21.2. The van der Waals surface area contributed by atoms with Gasteiger partial charge in [0.05, 0.1) is 5.69 Å². The Labute approximate surface area is 181 Å². The van der Waals surface area contributed by atoms with Crippen molar-refractivity contribution in [2.24, 2.45) is 5.73 Å². The van der Waals surface area contributed by atoms with E-state index in [0.717, 1.165) is 42.9 Å². The first-order valence-electron chi connectivity index (χ1n) is 10.7. The Hall–Kier alpha value is -3.03. The summed E-state index contributed by atoms with van der Waals surface area (Å²) in [6, 6.07) is 14.9. The summed E-state index contributed by atoms with van der Waals surface area (Å²) in [5, 5.41) is 8.05. The molecule has 162 valence electrons. The molecule has 1 fully saturated rings. The second-order valence-corrected chi connectivity index (χ2v) is 7.83. The van der Waals surface area contributed by atoms with E-state index < -0.39 is 0 Å². The molecule has 0 atom stereocenters. The lowest BCUT2D eigenvalue weighted by atomic mass is 10.0. The molecule has 0 spiro atoms. The third kappa shape index (κ3) is 4.52. The number of aryl methyl sites for hydroxylation is 2. The molecule has 1 aliphatic rings. The maximum absolute atomic E-state index is 14.0. The molecule has 1 aromatic heterocycles. The number of halogens is 1. The molecule has 0 aliphatic carbocycles. The Kier molecular flexibility index (Phi) is 6.44. The molecule has 31 heavy (non-hydrogen) atoms. The highest BCUT2D eigenvalue weighted by atomic mass is 19.1. The van der Waals surface area contributed by atoms with E-state index in [2.05, 4.69) is 10.2 Å². The number of rotatable bonds is 6. The van der Waals surface area contributed by atoms with Crippen LogP contribution in [-0.4, -0.2) is 36.0 Å². The molecule has 7 heteroatoms. The molecule has 2 aromatic carbocycles. The summed E-state index contributed by atoms with van der Waals surface area (Å²) < 4.78 is 15.6. The van der Waals surface area contributed by atoms with Crippen molar-refractivity contribution in [3.8, 4) is 11.3 Å². The summed E-state index contributed by atoms with van der Waals surface area (Å²) in [5.41, 5.74) is 10.2. The molecule has 0 saturated carbocycles. The second-order valence-electron chi connectivity index (χ2n) is 7.83. The van der Waals surface area contributed by atoms with E-state index in [-0.39, 0.29) is 17.9 Å². The van der Waals surface area contributed by atoms with Crippen LogP contribution in [0, 0.1) is 12.7 Å². The zero-order chi connectivity index (χ0) is 21.8. The van der Waals surface area contributed by atoms with Gasteiger partial charge in [-0.3, -0.25) is 4.79 Å². The van der Waals surface area contributed by atoms with Crippen LogP contribution in [0.3, 0.4) is 0 Å². The van der Waals surface area contributed by atoms with Crippen molar-refractivity contribution in [2.45, 2.75) is 26.4 Å². The van der Waals surface area contributed by atoms with Crippen molar-refractivity contribution in [1.82, 2.24) is 15.1 Å². The minimum absolute atomic E-state index is 0.0831. The van der Waals surface area contributed by atoms with E-state index in [9.17, 15) is 9.18 Å². The van der Waals surface area contributed by atoms with E-state index in [0.29, 0.717) is 29.9 Å². The number of nitrogens with two attached hydrogens (primary N) is 1. The number of aromatic nitrogens is 2. The van der Waals surface area contributed by atoms with E-state index in [1.807, 2.05) is 37.3 Å². The lowest BCUT2D eigenvalue weighted by Gasteiger charge is -2.31. The summed E-state index contributed by atoms with van der Waals surface area (Å²) in [6.07, 6.45) is 0.703. The fraction of sp³-hybridized carbons (Fsp3) is 0.333. The van der Waals surface area contributed by atoms with Gasteiger partial charge in [0.2, 0.25) is 0 Å². The molecule has 0 bridgehead atoms. The predicted molar refractivity (Wildman–Crippen MR) is 122 cm³/mol. The van der Waals surface area contributed by atoms with Gasteiger partial charge in [0.1, 0.15) is 11.5 Å². The number of nitrogens with one attached hydrogen (secondary N) is 1. The van der Waals surface area contributed by atoms with Crippen LogP contribution >= 0.6 is 0 Å². The molecule has 1 aliphatic heterocycles. The first-order chi connectivity index (χ1) is 15.1. The molecular weight excluding hydrogens is 393 g/mol. The summed E-state index contributed by atoms with van der Waals surface area (Å²) in [6.45, 7) is 5.68. The van der Waals surface area contributed by atoms with Crippen LogP contribution < -0.4 is 21.5 Å². The molecule has 6 nitrogen and oxygen atoms in total. The van der Waals surface area contributed by atoms with Gasteiger partial charge in [0, 0.05) is 56.0 Å². The first-order valence-corrected chi connectivity index (χ1v) is 10.7. The number of benzene rings is 2. The zero-order valence-corrected chi connectivity index (χ0v) is 17.8. The van der Waals surface area contributed by atoms with Gasteiger partial charge in [-0.1, -0.05) is 30.3 Å². The van der Waals surface area contributed by atoms with Gasteiger partial charge in [0.15, 0.2) is 0 Å². The highest BCUT2D eigenvalue weighted by Gasteiger charge is 2.22. The minimum Gasteiger partial charge on any atom is -0.364 e. The van der Waals surface area contributed by atoms with E-state index in [1.54, 1.807) is 16.8 Å². The van der Waals surface area contributed by atoms with Crippen LogP contribution in [0.15, 0.2) is 53.3 Å². The van der Waals surface area contributed by atoms with Gasteiger partial charge in [-0.25, -0.2) is 9.07 Å². The van der Waals surface area contributed by atoms with Gasteiger partial charge in [-0.05, 0) is 37.1 Å². The Morgan fingerprint density at radius 1 is 1.13 bits per heavy atom. The molecule has 4 rings (SSSR count). The SMILES string of the molecule is Cc1c(-c2ccc(F)c(CN)c2)nn(CCc2ccccc2)c(=O)c1N1CCNCC1. The normalized spacial score (nSPS) is 14.1. The summed E-state index contributed by atoms with van der Waals surface area (Å²) >= 11 is 0. The van der Waals surface area contributed by atoms with Crippen LogP contribution in [0.5, 0.6) is 0 Å². The third-order valence-corrected chi connectivity index (χ3v) is 5.80. The van der Waals surface area contributed by atoms with Gasteiger partial charge in [-0.2, -0.15) is 5.10 Å². The highest BCUT2D eigenvalue weighted by molar-refractivity contribution is 5.70. The van der Waals surface area contributed by atoms with E-state index in [1.165, 1.54) is 6.07 Å². The molecule has 0 radical (unpaired) electrons. The average molecular weight is 422 g/mol. The van der Waals surface area contributed by atoms with Crippen molar-refractivity contribution in [1.29, 1.82) is 0 Å². The summed E-state index contributed by atoms with van der Waals surface area (Å²) in [7, 11) is 0. The highest BCUT2D eigenvalue weighted by Crippen LogP contribution is 2.28. The largest absolute Gasteiger partial charge is 0.364 e. The summed E-state index contributed by atoms with van der Waals surface area (Å²) in [4.78, 5) is 15.6. The molecule has 0 unspecified atom stereocenters. The smallest absolute Gasteiger partial charge is 0.290 e. The van der Waals surface area contributed by atoms with Crippen LogP contribution in [0.25, 0.3) is 11.3 Å². The number of nitrogens with zero attached hydrogens (tertiary/aromatic N) is 3. The van der Waals surface area contributed by atoms with Crippen molar-refractivity contribution in [3.63, 3.8) is 0 Å². The Morgan fingerprint density at radius 3 is 2.58 bits per heavy atom. The van der Waals surface area contributed by atoms with Gasteiger partial charge in [-0.15, -0.1) is 0 Å². The van der Waals surface area contributed by atoms with E-state index >= 15 is 0 Å². The minimum atomic E-state index is -0.330. The maximum Gasteiger partial charge on any atom is 0.290 e. The van der Waals surface area contributed by atoms with Crippen LogP contribution in [0.2, 0.25) is 0 Å². The van der Waals surface area contributed by atoms with Crippen LogP contribution in [0.1, 0.15) is 16.7 Å². The molecule has 0 amide bonds. The Morgan fingerprint density at radius 2 is 1.87 bits per heavy atom. The monoisotopic (exact) mass is 421 g/mol. The Bertz CT molecular complexity index is 1110. The number of piperazine rings is 1. The van der Waals surface area contributed by atoms with Crippen LogP contribution in [-0.2, 0) is 19.5 Å². The number of anilines is 1. The van der Waals surface area contributed by atoms with Crippen molar-refractivity contribution < 1.29 is 4.39 Å². The summed E-state index contributed by atoms with van der Waals surface area (Å²) in [5.74, 6) is -0.330. The second kappa shape index (κ2) is 9.41. The fourth-order valence-corrected chi connectivity index (χ4v) is 4.08. The van der Waals surface area contributed by atoms with Crippen LogP contribution in [0.4, 0.5) is 10.1 Å². The zero-order valence-electron chi connectivity index (χ0n) is 17.8. The standard InChI is InChI=1S/C24H28FN5O/c1-17-22(19-7-8-21(25)20(15-19)16-26)28-30(12-9-18-5-3-2-4-6-18)24(31)23(17)29-13-10-27-11-14-29/h2-8,15,27H,9-14,16,26H2,1H3. The lowest BCUT2D eigenvalue weighted by Crippen LogP contribution is -2.46. The molecule has 3 aromatic rings.